The Balaban J connectivity index is 1.62. The van der Waals surface area contributed by atoms with E-state index in [1.807, 2.05) is 0 Å². The van der Waals surface area contributed by atoms with Gasteiger partial charge in [0.05, 0.1) is 0 Å². The molecule has 1 atom stereocenters. The molecule has 1 aromatic heterocycles. The fourth-order valence-electron chi connectivity index (χ4n) is 4.15. The molecule has 10 heteroatoms. The molecule has 2 aromatic rings. The van der Waals surface area contributed by atoms with Crippen LogP contribution in [0, 0.1) is 11.6 Å². The average Bonchev–Trinajstić information content (AvgIpc) is 2.99. The Labute approximate surface area is 181 Å². The number of carbonyl (C=O) groups excluding carboxylic acids is 2. The van der Waals surface area contributed by atoms with Gasteiger partial charge in [-0.15, -0.1) is 0 Å². The van der Waals surface area contributed by atoms with Crippen LogP contribution < -0.4 is 10.7 Å². The van der Waals surface area contributed by atoms with Crippen LogP contribution in [0.3, 0.4) is 0 Å². The van der Waals surface area contributed by atoms with Crippen molar-refractivity contribution in [2.45, 2.75) is 44.8 Å². The van der Waals surface area contributed by atoms with Crippen LogP contribution in [0.15, 0.2) is 23.1 Å². The van der Waals surface area contributed by atoms with Crippen molar-refractivity contribution in [3.8, 4) is 5.75 Å². The number of rotatable bonds is 3. The van der Waals surface area contributed by atoms with Crippen LogP contribution in [0.25, 0.3) is 0 Å². The summed E-state index contributed by atoms with van der Waals surface area (Å²) in [5.74, 6) is -4.00. The summed E-state index contributed by atoms with van der Waals surface area (Å²) in [5, 5.41) is 12.1. The minimum Gasteiger partial charge on any atom is -0.503 e. The Bertz CT molecular complexity index is 1130. The van der Waals surface area contributed by atoms with Gasteiger partial charge in [0.2, 0.25) is 5.43 Å². The van der Waals surface area contributed by atoms with Gasteiger partial charge in [0.15, 0.2) is 11.4 Å². The molecule has 0 bridgehead atoms. The van der Waals surface area contributed by atoms with Crippen LogP contribution in [-0.2, 0) is 13.1 Å². The first-order chi connectivity index (χ1) is 14.8. The third-order valence-corrected chi connectivity index (χ3v) is 6.15. The average molecular weight is 452 g/mol. The summed E-state index contributed by atoms with van der Waals surface area (Å²) in [5.41, 5.74) is -1.55. The highest BCUT2D eigenvalue weighted by atomic mass is 35.5. The molecule has 2 aliphatic heterocycles. The van der Waals surface area contributed by atoms with E-state index in [0.717, 1.165) is 37.8 Å². The van der Waals surface area contributed by atoms with Gasteiger partial charge in [-0.25, -0.2) is 8.78 Å². The SMILES string of the molecule is O=C(NCc1ccc(F)c(Cl)c1F)c1cn2c(c(O)c1=O)C(=O)N1CCCCCC1C2. The number of carbonyl (C=O) groups is 2. The molecule has 2 N–H and O–H groups in total. The number of nitrogens with zero attached hydrogens (tertiary/aromatic N) is 2. The number of halogens is 3. The first-order valence-corrected chi connectivity index (χ1v) is 10.3. The Kier molecular flexibility index (Phi) is 5.70. The van der Waals surface area contributed by atoms with E-state index in [4.69, 9.17) is 11.6 Å². The summed E-state index contributed by atoms with van der Waals surface area (Å²) >= 11 is 5.54. The van der Waals surface area contributed by atoms with Crippen molar-refractivity contribution in [1.29, 1.82) is 0 Å². The fraction of sp³-hybridized carbons (Fsp3) is 0.381. The number of pyridine rings is 1. The first kappa shape index (κ1) is 21.3. The zero-order valence-electron chi connectivity index (χ0n) is 16.5. The summed E-state index contributed by atoms with van der Waals surface area (Å²) in [6.07, 6.45) is 4.87. The van der Waals surface area contributed by atoms with E-state index < -0.39 is 39.6 Å². The first-order valence-electron chi connectivity index (χ1n) is 9.97. The lowest BCUT2D eigenvalue weighted by Crippen LogP contribution is -2.49. The number of aromatic hydroxyl groups is 1. The fourth-order valence-corrected chi connectivity index (χ4v) is 4.34. The molecule has 0 spiro atoms. The number of fused-ring (bicyclic) bond motifs is 2. The van der Waals surface area contributed by atoms with Gasteiger partial charge < -0.3 is 19.9 Å². The van der Waals surface area contributed by atoms with Gasteiger partial charge in [0.1, 0.15) is 22.2 Å². The normalized spacial score (nSPS) is 18.2. The van der Waals surface area contributed by atoms with Gasteiger partial charge in [0.25, 0.3) is 11.8 Å². The molecule has 7 nitrogen and oxygen atoms in total. The second-order valence-electron chi connectivity index (χ2n) is 7.74. The maximum absolute atomic E-state index is 14.0. The van der Waals surface area contributed by atoms with Crippen molar-refractivity contribution in [2.24, 2.45) is 0 Å². The summed E-state index contributed by atoms with van der Waals surface area (Å²) in [4.78, 5) is 39.8. The summed E-state index contributed by atoms with van der Waals surface area (Å²) in [7, 11) is 0. The quantitative estimate of drug-likeness (QED) is 0.702. The van der Waals surface area contributed by atoms with Crippen LogP contribution in [0.4, 0.5) is 8.78 Å². The van der Waals surface area contributed by atoms with E-state index >= 15 is 0 Å². The van der Waals surface area contributed by atoms with Crippen molar-refractivity contribution in [1.82, 2.24) is 14.8 Å². The zero-order chi connectivity index (χ0) is 22.3. The number of benzene rings is 1. The molecule has 164 valence electrons. The highest BCUT2D eigenvalue weighted by Gasteiger charge is 2.36. The summed E-state index contributed by atoms with van der Waals surface area (Å²) in [6, 6.07) is 2.03. The molecule has 2 aliphatic rings. The summed E-state index contributed by atoms with van der Waals surface area (Å²) < 4.78 is 28.8. The van der Waals surface area contributed by atoms with Crippen molar-refractivity contribution >= 4 is 23.4 Å². The van der Waals surface area contributed by atoms with Crippen LogP contribution in [-0.4, -0.2) is 39.0 Å². The molecule has 1 aromatic carbocycles. The van der Waals surface area contributed by atoms with Gasteiger partial charge in [0, 0.05) is 37.4 Å². The lowest BCUT2D eigenvalue weighted by atomic mass is 10.0. The van der Waals surface area contributed by atoms with E-state index in [9.17, 15) is 28.3 Å². The third-order valence-electron chi connectivity index (χ3n) is 5.80. The van der Waals surface area contributed by atoms with E-state index in [1.54, 1.807) is 4.90 Å². The van der Waals surface area contributed by atoms with Crippen LogP contribution in [0.2, 0.25) is 5.02 Å². The van der Waals surface area contributed by atoms with E-state index in [-0.39, 0.29) is 29.4 Å². The zero-order valence-corrected chi connectivity index (χ0v) is 17.2. The van der Waals surface area contributed by atoms with Crippen molar-refractivity contribution in [3.63, 3.8) is 0 Å². The monoisotopic (exact) mass is 451 g/mol. The molecule has 4 rings (SSSR count). The van der Waals surface area contributed by atoms with Gasteiger partial charge >= 0.3 is 0 Å². The molecule has 0 radical (unpaired) electrons. The van der Waals surface area contributed by atoms with Gasteiger partial charge in [-0.05, 0) is 18.9 Å². The van der Waals surface area contributed by atoms with Gasteiger partial charge in [-0.1, -0.05) is 30.5 Å². The molecule has 3 heterocycles. The minimum atomic E-state index is -1.01. The molecule has 31 heavy (non-hydrogen) atoms. The largest absolute Gasteiger partial charge is 0.503 e. The highest BCUT2D eigenvalue weighted by molar-refractivity contribution is 6.30. The second kappa shape index (κ2) is 8.30. The molecule has 0 aliphatic carbocycles. The predicted octanol–water partition coefficient (Wildman–Crippen LogP) is 2.81. The second-order valence-corrected chi connectivity index (χ2v) is 8.12. The predicted molar refractivity (Wildman–Crippen MR) is 108 cm³/mol. The van der Waals surface area contributed by atoms with Crippen LogP contribution >= 0.6 is 11.6 Å². The number of amides is 2. The molecule has 1 fully saturated rings. The van der Waals surface area contributed by atoms with Crippen molar-refractivity contribution in [2.75, 3.05) is 6.54 Å². The van der Waals surface area contributed by atoms with E-state index in [0.29, 0.717) is 13.1 Å². The Hall–Kier alpha value is -2.94. The number of aromatic nitrogens is 1. The number of hydrogen-bond acceptors (Lipinski definition) is 4. The lowest BCUT2D eigenvalue weighted by molar-refractivity contribution is 0.0589. The third kappa shape index (κ3) is 3.78. The van der Waals surface area contributed by atoms with Gasteiger partial charge in [-0.2, -0.15) is 0 Å². The maximum atomic E-state index is 14.0. The molecular weight excluding hydrogens is 432 g/mol. The molecule has 0 saturated carbocycles. The van der Waals surface area contributed by atoms with Crippen LogP contribution in [0.5, 0.6) is 5.75 Å². The molecule has 2 amide bonds. The smallest absolute Gasteiger partial charge is 0.274 e. The Morgan fingerprint density at radius 1 is 1.23 bits per heavy atom. The minimum absolute atomic E-state index is 0.0636. The highest BCUT2D eigenvalue weighted by Crippen LogP contribution is 2.28. The standard InChI is InChI=1S/C21H20ClF2N3O4/c22-15-14(23)6-5-11(16(15)24)8-25-20(30)13-10-26-9-12-4-2-1-3-7-27(12)21(31)17(26)19(29)18(13)28/h5-6,10,12,29H,1-4,7-9H2,(H,25,30). The van der Waals surface area contributed by atoms with Gasteiger partial charge in [-0.3, -0.25) is 14.4 Å². The molecular formula is C21H20ClF2N3O4. The number of hydrogen-bond donors (Lipinski definition) is 2. The van der Waals surface area contributed by atoms with Crippen molar-refractivity contribution < 1.29 is 23.5 Å². The van der Waals surface area contributed by atoms with E-state index in [1.165, 1.54) is 10.8 Å². The summed E-state index contributed by atoms with van der Waals surface area (Å²) in [6.45, 7) is 0.574. The Morgan fingerprint density at radius 3 is 2.77 bits per heavy atom. The molecule has 1 unspecified atom stereocenters. The van der Waals surface area contributed by atoms with Crippen molar-refractivity contribution in [3.05, 3.63) is 62.0 Å². The molecule has 1 saturated heterocycles. The van der Waals surface area contributed by atoms with Crippen LogP contribution in [0.1, 0.15) is 52.1 Å². The number of nitrogens with one attached hydrogen (secondary N) is 1. The topological polar surface area (TPSA) is 91.6 Å². The Morgan fingerprint density at radius 2 is 2.00 bits per heavy atom. The lowest BCUT2D eigenvalue weighted by Gasteiger charge is -2.36. The van der Waals surface area contributed by atoms with E-state index in [2.05, 4.69) is 5.32 Å². The maximum Gasteiger partial charge on any atom is 0.274 e.